The van der Waals surface area contributed by atoms with E-state index in [2.05, 4.69) is 10.4 Å². The van der Waals surface area contributed by atoms with Gasteiger partial charge in [0.2, 0.25) is 0 Å². The molecule has 1 atom stereocenters. The van der Waals surface area contributed by atoms with Gasteiger partial charge in [0.1, 0.15) is 0 Å². The molecule has 0 aliphatic heterocycles. The highest BCUT2D eigenvalue weighted by Crippen LogP contribution is 2.20. The molecule has 0 amide bonds. The maximum absolute atomic E-state index is 9.99. The summed E-state index contributed by atoms with van der Waals surface area (Å²) in [5.74, 6) is 0. The number of aromatic nitrogens is 1. The number of hydrogen-bond acceptors (Lipinski definition) is 3. The maximum atomic E-state index is 9.99. The largest absolute Gasteiger partial charge is 0.388 e. The fraction of sp³-hybridized carbons (Fsp3) is 0.357. The van der Waals surface area contributed by atoms with E-state index in [1.807, 2.05) is 37.3 Å². The summed E-state index contributed by atoms with van der Waals surface area (Å²) in [5.41, 5.74) is 2.09. The van der Waals surface area contributed by atoms with Gasteiger partial charge in [-0.05, 0) is 31.7 Å². The van der Waals surface area contributed by atoms with Crippen molar-refractivity contribution in [2.24, 2.45) is 0 Å². The summed E-state index contributed by atoms with van der Waals surface area (Å²) in [6, 6.07) is 9.83. The van der Waals surface area contributed by atoms with Gasteiger partial charge in [-0.15, -0.1) is 11.3 Å². The Bertz CT molecular complexity index is 452. The molecule has 1 aromatic heterocycles. The Balaban J connectivity index is 1.79. The van der Waals surface area contributed by atoms with Crippen molar-refractivity contribution in [3.05, 3.63) is 52.0 Å². The number of aliphatic hydroxyl groups excluding tert-OH is 1. The molecule has 1 N–H and O–H groups in total. The van der Waals surface area contributed by atoms with Crippen molar-refractivity contribution in [2.45, 2.75) is 32.3 Å². The van der Waals surface area contributed by atoms with E-state index in [0.29, 0.717) is 0 Å². The fourth-order valence-electron chi connectivity index (χ4n) is 1.81. The third-order valence-electron chi connectivity index (χ3n) is 2.72. The van der Waals surface area contributed by atoms with Gasteiger partial charge in [-0.1, -0.05) is 30.3 Å². The first kappa shape index (κ1) is 12.3. The van der Waals surface area contributed by atoms with Crippen molar-refractivity contribution in [3.8, 4) is 0 Å². The molecule has 0 saturated heterocycles. The maximum Gasteiger partial charge on any atom is 0.0928 e. The molecule has 0 bridgehead atoms. The molecule has 2 aromatic rings. The lowest BCUT2D eigenvalue weighted by Crippen LogP contribution is -1.98. The van der Waals surface area contributed by atoms with Gasteiger partial charge in [-0.3, -0.25) is 0 Å². The van der Waals surface area contributed by atoms with Crippen molar-refractivity contribution in [1.82, 2.24) is 4.98 Å². The number of thiazole rings is 1. The number of rotatable bonds is 5. The van der Waals surface area contributed by atoms with Crippen LogP contribution >= 0.6 is 11.3 Å². The molecule has 0 saturated carbocycles. The number of nitrogens with zero attached hydrogens (tertiary/aromatic N) is 1. The first-order chi connectivity index (χ1) is 8.25. The molecule has 0 radical (unpaired) electrons. The Morgan fingerprint density at radius 3 is 2.71 bits per heavy atom. The van der Waals surface area contributed by atoms with Crippen LogP contribution in [0.15, 0.2) is 35.7 Å². The summed E-state index contributed by atoms with van der Waals surface area (Å²) in [5, 5.41) is 13.2. The molecule has 0 aliphatic rings. The average molecular weight is 247 g/mol. The smallest absolute Gasteiger partial charge is 0.0928 e. The number of aliphatic hydroxyl groups is 1. The van der Waals surface area contributed by atoms with Crippen molar-refractivity contribution in [2.75, 3.05) is 0 Å². The van der Waals surface area contributed by atoms with E-state index in [4.69, 9.17) is 0 Å². The second-order valence-corrected chi connectivity index (χ2v) is 5.14. The minimum Gasteiger partial charge on any atom is -0.388 e. The quantitative estimate of drug-likeness (QED) is 0.877. The summed E-state index contributed by atoms with van der Waals surface area (Å²) < 4.78 is 0. The van der Waals surface area contributed by atoms with E-state index in [1.165, 1.54) is 5.01 Å². The van der Waals surface area contributed by atoms with Crippen molar-refractivity contribution < 1.29 is 5.11 Å². The molecule has 0 aliphatic carbocycles. The van der Waals surface area contributed by atoms with Gasteiger partial charge in [0.05, 0.1) is 11.1 Å². The second kappa shape index (κ2) is 5.94. The molecule has 90 valence electrons. The third-order valence-corrected chi connectivity index (χ3v) is 3.75. The average Bonchev–Trinajstić information content (AvgIpc) is 2.76. The number of aryl methyl sites for hydroxylation is 2. The lowest BCUT2D eigenvalue weighted by Gasteiger charge is -2.09. The zero-order valence-electron chi connectivity index (χ0n) is 9.97. The highest BCUT2D eigenvalue weighted by Gasteiger charge is 2.07. The summed E-state index contributed by atoms with van der Waals surface area (Å²) >= 11 is 1.70. The summed E-state index contributed by atoms with van der Waals surface area (Å²) in [6.07, 6.45) is 2.38. The molecule has 1 unspecified atom stereocenters. The van der Waals surface area contributed by atoms with E-state index < -0.39 is 0 Å². The first-order valence-electron chi connectivity index (χ1n) is 5.90. The first-order valence-corrected chi connectivity index (χ1v) is 6.77. The molecule has 2 rings (SSSR count). The molecular weight excluding hydrogens is 230 g/mol. The summed E-state index contributed by atoms with van der Waals surface area (Å²) in [7, 11) is 0. The molecule has 17 heavy (non-hydrogen) atoms. The standard InChI is InChI=1S/C14H17NOS/c1-11-10-17-14(15-11)9-5-8-13(16)12-6-3-2-4-7-12/h2-4,6-7,10,13,16H,5,8-9H2,1H3. The second-order valence-electron chi connectivity index (χ2n) is 4.20. The summed E-state index contributed by atoms with van der Waals surface area (Å²) in [6.45, 7) is 2.01. The van der Waals surface area contributed by atoms with Crippen molar-refractivity contribution >= 4 is 11.3 Å². The van der Waals surface area contributed by atoms with Crippen LogP contribution in [-0.2, 0) is 6.42 Å². The zero-order chi connectivity index (χ0) is 12.1. The van der Waals surface area contributed by atoms with Crippen molar-refractivity contribution in [1.29, 1.82) is 0 Å². The van der Waals surface area contributed by atoms with Crippen LogP contribution < -0.4 is 0 Å². The van der Waals surface area contributed by atoms with Gasteiger partial charge >= 0.3 is 0 Å². The zero-order valence-corrected chi connectivity index (χ0v) is 10.8. The highest BCUT2D eigenvalue weighted by molar-refractivity contribution is 7.09. The molecule has 0 spiro atoms. The molecule has 3 heteroatoms. The Kier molecular flexibility index (Phi) is 4.29. The lowest BCUT2D eigenvalue weighted by atomic mass is 10.0. The molecule has 1 heterocycles. The lowest BCUT2D eigenvalue weighted by molar-refractivity contribution is 0.164. The predicted octanol–water partition coefficient (Wildman–Crippen LogP) is 3.51. The topological polar surface area (TPSA) is 33.1 Å². The molecule has 1 aromatic carbocycles. The normalized spacial score (nSPS) is 12.6. The van der Waals surface area contributed by atoms with Crippen LogP contribution in [0.25, 0.3) is 0 Å². The Labute approximate surface area is 106 Å². The van der Waals surface area contributed by atoms with Crippen LogP contribution in [0.5, 0.6) is 0 Å². The SMILES string of the molecule is Cc1csc(CCCC(O)c2ccccc2)n1. The van der Waals surface area contributed by atoms with E-state index >= 15 is 0 Å². The number of hydrogen-bond donors (Lipinski definition) is 1. The van der Waals surface area contributed by atoms with Crippen LogP contribution in [0.1, 0.15) is 35.2 Å². The van der Waals surface area contributed by atoms with Gasteiger partial charge in [0, 0.05) is 11.1 Å². The van der Waals surface area contributed by atoms with Gasteiger partial charge in [0.25, 0.3) is 0 Å². The monoisotopic (exact) mass is 247 g/mol. The van der Waals surface area contributed by atoms with E-state index in [1.54, 1.807) is 11.3 Å². The number of benzene rings is 1. The Morgan fingerprint density at radius 2 is 2.06 bits per heavy atom. The van der Waals surface area contributed by atoms with E-state index in [9.17, 15) is 5.11 Å². The fourth-order valence-corrected chi connectivity index (χ4v) is 2.62. The summed E-state index contributed by atoms with van der Waals surface area (Å²) in [4.78, 5) is 4.42. The predicted molar refractivity (Wildman–Crippen MR) is 71.2 cm³/mol. The molecule has 2 nitrogen and oxygen atoms in total. The Morgan fingerprint density at radius 1 is 1.29 bits per heavy atom. The van der Waals surface area contributed by atoms with Crippen LogP contribution in [-0.4, -0.2) is 10.1 Å². The van der Waals surface area contributed by atoms with Crippen LogP contribution in [0.4, 0.5) is 0 Å². The minimum atomic E-state index is -0.350. The highest BCUT2D eigenvalue weighted by atomic mass is 32.1. The van der Waals surface area contributed by atoms with E-state index in [0.717, 1.165) is 30.5 Å². The van der Waals surface area contributed by atoms with Crippen LogP contribution in [0, 0.1) is 6.92 Å². The van der Waals surface area contributed by atoms with Gasteiger partial charge in [-0.2, -0.15) is 0 Å². The minimum absolute atomic E-state index is 0.350. The molecule has 0 fully saturated rings. The molecular formula is C14H17NOS. The van der Waals surface area contributed by atoms with Crippen molar-refractivity contribution in [3.63, 3.8) is 0 Å². The van der Waals surface area contributed by atoms with Gasteiger partial charge < -0.3 is 5.11 Å². The van der Waals surface area contributed by atoms with Crippen LogP contribution in [0.2, 0.25) is 0 Å². The van der Waals surface area contributed by atoms with E-state index in [-0.39, 0.29) is 6.10 Å². The Hall–Kier alpha value is -1.19. The van der Waals surface area contributed by atoms with Gasteiger partial charge in [-0.25, -0.2) is 4.98 Å². The van der Waals surface area contributed by atoms with Gasteiger partial charge in [0.15, 0.2) is 0 Å². The van der Waals surface area contributed by atoms with Crippen LogP contribution in [0.3, 0.4) is 0 Å². The third kappa shape index (κ3) is 3.65.